The fraction of sp³-hybridized carbons (Fsp3) is 0.545. The molecule has 1 aliphatic carbocycles. The van der Waals surface area contributed by atoms with E-state index in [0.717, 1.165) is 16.7 Å². The molecule has 0 fully saturated rings. The van der Waals surface area contributed by atoms with Crippen LogP contribution in [0.1, 0.15) is 30.5 Å². The molecular weight excluding hydrogens is 372 g/mol. The van der Waals surface area contributed by atoms with Crippen molar-refractivity contribution in [2.24, 2.45) is 5.41 Å². The quantitative estimate of drug-likeness (QED) is 0.341. The molecule has 152 valence electrons. The second-order valence-corrected chi connectivity index (χ2v) is 13.1. The van der Waals surface area contributed by atoms with Gasteiger partial charge in [0.25, 0.3) is 0 Å². The van der Waals surface area contributed by atoms with Crippen LogP contribution >= 0.6 is 0 Å². The van der Waals surface area contributed by atoms with Gasteiger partial charge in [-0.05, 0) is 43.4 Å². The molecule has 28 heavy (non-hydrogen) atoms. The van der Waals surface area contributed by atoms with Gasteiger partial charge >= 0.3 is 11.9 Å². The topological polar surface area (TPSA) is 72.8 Å². The minimum absolute atomic E-state index is 0.165. The Hall–Kier alpha value is -2.10. The predicted octanol–water partition coefficient (Wildman–Crippen LogP) is 1.98. The maximum absolute atomic E-state index is 12.8. The normalized spacial score (nSPS) is 14.6. The van der Waals surface area contributed by atoms with Gasteiger partial charge in [-0.3, -0.25) is 9.59 Å². The molecule has 0 bridgehead atoms. The lowest BCUT2D eigenvalue weighted by atomic mass is 9.84. The van der Waals surface area contributed by atoms with Crippen molar-refractivity contribution in [3.05, 3.63) is 28.8 Å². The number of aliphatic hydroxyl groups is 1. The van der Waals surface area contributed by atoms with E-state index < -0.39 is 25.4 Å². The van der Waals surface area contributed by atoms with E-state index in [1.807, 2.05) is 0 Å². The highest BCUT2D eigenvalue weighted by Crippen LogP contribution is 2.40. The molecule has 0 atom stereocenters. The van der Waals surface area contributed by atoms with Crippen LogP contribution in [0.4, 0.5) is 0 Å². The Morgan fingerprint density at radius 3 is 2.04 bits per heavy atom. The molecule has 0 radical (unpaired) electrons. The molecule has 0 heterocycles. The highest BCUT2D eigenvalue weighted by atomic mass is 28.3. The lowest BCUT2D eigenvalue weighted by molar-refractivity contribution is -0.171. The van der Waals surface area contributed by atoms with Crippen LogP contribution in [0.15, 0.2) is 12.1 Å². The Morgan fingerprint density at radius 1 is 1.04 bits per heavy atom. The number of hydrogen-bond acceptors (Lipinski definition) is 5. The van der Waals surface area contributed by atoms with Crippen LogP contribution < -0.4 is 5.19 Å². The molecule has 0 spiro atoms. The van der Waals surface area contributed by atoms with E-state index in [9.17, 15) is 9.59 Å². The molecular formula is C22H30O5Si. The molecule has 0 unspecified atom stereocenters. The van der Waals surface area contributed by atoms with Crippen LogP contribution in [0.3, 0.4) is 0 Å². The van der Waals surface area contributed by atoms with Crippen molar-refractivity contribution < 1.29 is 24.2 Å². The zero-order valence-electron chi connectivity index (χ0n) is 17.5. The van der Waals surface area contributed by atoms with Crippen molar-refractivity contribution >= 4 is 25.2 Å². The van der Waals surface area contributed by atoms with Gasteiger partial charge < -0.3 is 14.6 Å². The Bertz CT molecular complexity index is 793. The van der Waals surface area contributed by atoms with Crippen LogP contribution in [0.5, 0.6) is 0 Å². The van der Waals surface area contributed by atoms with E-state index in [1.54, 1.807) is 13.8 Å². The molecule has 0 aliphatic heterocycles. The molecule has 0 saturated heterocycles. The summed E-state index contributed by atoms with van der Waals surface area (Å²) >= 11 is 0. The second kappa shape index (κ2) is 8.93. The first-order valence-corrected chi connectivity index (χ1v) is 13.3. The van der Waals surface area contributed by atoms with E-state index >= 15 is 0 Å². The van der Waals surface area contributed by atoms with Crippen LogP contribution in [-0.2, 0) is 38.3 Å². The Labute approximate surface area is 168 Å². The summed E-state index contributed by atoms with van der Waals surface area (Å²) in [6, 6.07) is 4.23. The molecule has 6 heteroatoms. The van der Waals surface area contributed by atoms with Crippen LogP contribution in [-0.4, -0.2) is 44.9 Å². The standard InChI is InChI=1S/C22H30O5Si/c1-6-26-20(24)22(21(25)27-7-2)14-17-12-16(10-8-9-11-23)19(28(3,4)5)13-18(17)15-22/h12-13,23H,6-7,10-11,14-15H2,1-5H3. The van der Waals surface area contributed by atoms with E-state index in [-0.39, 0.29) is 26.2 Å². The van der Waals surface area contributed by atoms with Crippen molar-refractivity contribution in [2.45, 2.75) is 52.8 Å². The fourth-order valence-electron chi connectivity index (χ4n) is 3.75. The SMILES string of the molecule is CCOC(=O)C1(C(=O)OCC)Cc2cc(CC#CCO)c([Si](C)(C)C)cc2C1. The minimum Gasteiger partial charge on any atom is -0.465 e. The largest absolute Gasteiger partial charge is 0.465 e. The number of fused-ring (bicyclic) bond motifs is 1. The zero-order chi connectivity index (χ0) is 20.9. The fourth-order valence-corrected chi connectivity index (χ4v) is 5.48. The summed E-state index contributed by atoms with van der Waals surface area (Å²) < 4.78 is 10.5. The molecule has 1 aromatic carbocycles. The third kappa shape index (κ3) is 4.48. The molecule has 1 aromatic rings. The van der Waals surface area contributed by atoms with Gasteiger partial charge in [0.2, 0.25) is 0 Å². The monoisotopic (exact) mass is 402 g/mol. The number of ether oxygens (including phenoxy) is 2. The van der Waals surface area contributed by atoms with Crippen LogP contribution in [0.2, 0.25) is 19.6 Å². The Kier molecular flexibility index (Phi) is 7.08. The average molecular weight is 403 g/mol. The van der Waals surface area contributed by atoms with Crippen molar-refractivity contribution in [3.63, 3.8) is 0 Å². The van der Waals surface area contributed by atoms with Gasteiger partial charge in [-0.1, -0.05) is 48.8 Å². The molecule has 5 nitrogen and oxygen atoms in total. The second-order valence-electron chi connectivity index (χ2n) is 8.09. The molecule has 0 aromatic heterocycles. The summed E-state index contributed by atoms with van der Waals surface area (Å²) in [5.41, 5.74) is 1.80. The maximum atomic E-state index is 12.8. The number of esters is 2. The number of carbonyl (C=O) groups excluding carboxylic acids is 2. The third-order valence-electron chi connectivity index (χ3n) is 5.03. The lowest BCUT2D eigenvalue weighted by Gasteiger charge is -2.24. The zero-order valence-corrected chi connectivity index (χ0v) is 18.5. The summed E-state index contributed by atoms with van der Waals surface area (Å²) in [5, 5.41) is 10.2. The van der Waals surface area contributed by atoms with Crippen molar-refractivity contribution in [1.82, 2.24) is 0 Å². The van der Waals surface area contributed by atoms with Gasteiger partial charge in [0.1, 0.15) is 6.61 Å². The molecule has 0 amide bonds. The first-order valence-electron chi connectivity index (χ1n) is 9.75. The summed E-state index contributed by atoms with van der Waals surface area (Å²) in [5.74, 6) is 4.68. The summed E-state index contributed by atoms with van der Waals surface area (Å²) in [6.45, 7) is 10.5. The average Bonchev–Trinajstić information content (AvgIpc) is 3.01. The Morgan fingerprint density at radius 2 is 1.57 bits per heavy atom. The number of rotatable bonds is 6. The van der Waals surface area contributed by atoms with Gasteiger partial charge in [-0.15, -0.1) is 0 Å². The first kappa shape index (κ1) is 22.2. The number of aliphatic hydroxyl groups excluding tert-OH is 1. The smallest absolute Gasteiger partial charge is 0.324 e. The van der Waals surface area contributed by atoms with Gasteiger partial charge in [-0.25, -0.2) is 0 Å². The van der Waals surface area contributed by atoms with E-state index in [0.29, 0.717) is 12.8 Å². The first-order chi connectivity index (χ1) is 13.2. The van der Waals surface area contributed by atoms with Gasteiger partial charge in [0, 0.05) is 6.42 Å². The number of carbonyl (C=O) groups is 2. The van der Waals surface area contributed by atoms with Crippen molar-refractivity contribution in [2.75, 3.05) is 19.8 Å². The summed E-state index contributed by atoms with van der Waals surface area (Å²) in [7, 11) is -1.67. The van der Waals surface area contributed by atoms with E-state index in [4.69, 9.17) is 14.6 Å². The van der Waals surface area contributed by atoms with E-state index in [1.165, 1.54) is 5.19 Å². The maximum Gasteiger partial charge on any atom is 0.324 e. The highest BCUT2D eigenvalue weighted by Gasteiger charge is 2.53. The summed E-state index contributed by atoms with van der Waals surface area (Å²) in [4.78, 5) is 25.5. The number of hydrogen-bond donors (Lipinski definition) is 1. The van der Waals surface area contributed by atoms with Gasteiger partial charge in [0.05, 0.1) is 21.3 Å². The summed E-state index contributed by atoms with van der Waals surface area (Å²) in [6.07, 6.45) is 1.13. The molecule has 2 rings (SSSR count). The molecule has 0 saturated carbocycles. The highest BCUT2D eigenvalue weighted by molar-refractivity contribution is 6.89. The van der Waals surface area contributed by atoms with Crippen molar-refractivity contribution in [3.8, 4) is 11.8 Å². The van der Waals surface area contributed by atoms with E-state index in [2.05, 4.69) is 43.6 Å². The minimum atomic E-state index is -1.67. The third-order valence-corrected chi connectivity index (χ3v) is 7.11. The molecule has 1 N–H and O–H groups in total. The number of benzene rings is 1. The van der Waals surface area contributed by atoms with Crippen LogP contribution in [0.25, 0.3) is 0 Å². The van der Waals surface area contributed by atoms with Gasteiger partial charge in [-0.2, -0.15) is 0 Å². The predicted molar refractivity (Wildman–Crippen MR) is 111 cm³/mol. The lowest BCUT2D eigenvalue weighted by Crippen LogP contribution is -2.43. The Balaban J connectivity index is 2.52. The molecule has 1 aliphatic rings. The van der Waals surface area contributed by atoms with Crippen molar-refractivity contribution in [1.29, 1.82) is 0 Å². The van der Waals surface area contributed by atoms with Crippen LogP contribution in [0, 0.1) is 17.3 Å². The van der Waals surface area contributed by atoms with Gasteiger partial charge in [0.15, 0.2) is 5.41 Å².